The van der Waals surface area contributed by atoms with Crippen LogP contribution in [0.3, 0.4) is 0 Å². The first-order chi connectivity index (χ1) is 9.78. The van der Waals surface area contributed by atoms with Crippen LogP contribution in [0.1, 0.15) is 36.7 Å². The van der Waals surface area contributed by atoms with Crippen molar-refractivity contribution in [3.8, 4) is 6.07 Å². The molecule has 2 aromatic rings. The topological polar surface area (TPSA) is 41.6 Å². The Kier molecular flexibility index (Phi) is 3.91. The SMILES string of the molecule is CSC1CCC(n2c(CCl)nc3c(C#N)cccc32)C1. The number of para-hydroxylation sites is 1. The van der Waals surface area contributed by atoms with E-state index in [2.05, 4.69) is 21.9 Å². The van der Waals surface area contributed by atoms with E-state index in [-0.39, 0.29) is 0 Å². The van der Waals surface area contributed by atoms with Crippen molar-refractivity contribution < 1.29 is 0 Å². The summed E-state index contributed by atoms with van der Waals surface area (Å²) in [5.74, 6) is 1.27. The summed E-state index contributed by atoms with van der Waals surface area (Å²) < 4.78 is 2.26. The van der Waals surface area contributed by atoms with Crippen molar-refractivity contribution in [1.29, 1.82) is 5.26 Å². The molecule has 0 amide bonds. The van der Waals surface area contributed by atoms with Crippen LogP contribution in [0.5, 0.6) is 0 Å². The second-order valence-electron chi connectivity index (χ2n) is 5.14. The van der Waals surface area contributed by atoms with Gasteiger partial charge in [0.15, 0.2) is 0 Å². The third-order valence-corrected chi connectivity index (χ3v) is 5.42. The molecule has 0 bridgehead atoms. The van der Waals surface area contributed by atoms with Crippen LogP contribution in [-0.4, -0.2) is 21.1 Å². The molecule has 1 saturated carbocycles. The van der Waals surface area contributed by atoms with Gasteiger partial charge in [0, 0.05) is 11.3 Å². The molecule has 0 aliphatic heterocycles. The molecular formula is C15H16ClN3S. The Bertz CT molecular complexity index is 674. The minimum atomic E-state index is 0.389. The molecule has 5 heteroatoms. The highest BCUT2D eigenvalue weighted by Crippen LogP contribution is 2.39. The third-order valence-electron chi connectivity index (χ3n) is 4.09. The summed E-state index contributed by atoms with van der Waals surface area (Å²) in [6.07, 6.45) is 5.74. The Balaban J connectivity index is 2.12. The number of thioether (sulfide) groups is 1. The maximum atomic E-state index is 9.22. The fourth-order valence-electron chi connectivity index (χ4n) is 3.12. The summed E-state index contributed by atoms with van der Waals surface area (Å²) in [6.45, 7) is 0. The molecule has 1 aromatic carbocycles. The monoisotopic (exact) mass is 305 g/mol. The number of fused-ring (bicyclic) bond motifs is 1. The van der Waals surface area contributed by atoms with E-state index < -0.39 is 0 Å². The average molecular weight is 306 g/mol. The van der Waals surface area contributed by atoms with Crippen LogP contribution in [-0.2, 0) is 5.88 Å². The lowest BCUT2D eigenvalue weighted by molar-refractivity contribution is 0.519. The number of nitriles is 1. The molecule has 2 atom stereocenters. The summed E-state index contributed by atoms with van der Waals surface area (Å²) >= 11 is 8.02. The fourth-order valence-corrected chi connectivity index (χ4v) is 4.10. The zero-order valence-electron chi connectivity index (χ0n) is 11.3. The summed E-state index contributed by atoms with van der Waals surface area (Å²) in [6, 6.07) is 8.47. The Morgan fingerprint density at radius 2 is 2.35 bits per heavy atom. The highest BCUT2D eigenvalue weighted by atomic mass is 35.5. The van der Waals surface area contributed by atoms with E-state index in [0.717, 1.165) is 34.9 Å². The van der Waals surface area contributed by atoms with Crippen LogP contribution in [0, 0.1) is 11.3 Å². The number of hydrogen-bond donors (Lipinski definition) is 0. The normalized spacial score (nSPS) is 22.2. The lowest BCUT2D eigenvalue weighted by Gasteiger charge is -2.16. The van der Waals surface area contributed by atoms with Crippen LogP contribution < -0.4 is 0 Å². The van der Waals surface area contributed by atoms with Crippen molar-refractivity contribution in [2.24, 2.45) is 0 Å². The molecule has 104 valence electrons. The van der Waals surface area contributed by atoms with Crippen molar-refractivity contribution in [3.05, 3.63) is 29.6 Å². The van der Waals surface area contributed by atoms with Crippen LogP contribution in [0.4, 0.5) is 0 Å². The number of alkyl halides is 1. The van der Waals surface area contributed by atoms with Gasteiger partial charge in [-0.1, -0.05) is 6.07 Å². The Labute approximate surface area is 127 Å². The van der Waals surface area contributed by atoms with E-state index in [1.165, 1.54) is 6.42 Å². The van der Waals surface area contributed by atoms with Gasteiger partial charge >= 0.3 is 0 Å². The number of hydrogen-bond acceptors (Lipinski definition) is 3. The van der Waals surface area contributed by atoms with Gasteiger partial charge in [-0.3, -0.25) is 0 Å². The largest absolute Gasteiger partial charge is 0.324 e. The number of rotatable bonds is 3. The van der Waals surface area contributed by atoms with E-state index in [4.69, 9.17) is 11.6 Å². The lowest BCUT2D eigenvalue weighted by Crippen LogP contribution is -2.09. The Hall–Kier alpha value is -1.18. The van der Waals surface area contributed by atoms with Crippen LogP contribution in [0.2, 0.25) is 0 Å². The third kappa shape index (κ3) is 2.19. The predicted molar refractivity (Wildman–Crippen MR) is 84.2 cm³/mol. The summed E-state index contributed by atoms with van der Waals surface area (Å²) in [4.78, 5) is 4.60. The van der Waals surface area contributed by atoms with Gasteiger partial charge in [-0.05, 0) is 37.7 Å². The van der Waals surface area contributed by atoms with Gasteiger partial charge in [-0.15, -0.1) is 11.6 Å². The number of benzene rings is 1. The molecule has 1 aliphatic carbocycles. The smallest absolute Gasteiger partial charge is 0.125 e. The van der Waals surface area contributed by atoms with Gasteiger partial charge in [0.1, 0.15) is 17.4 Å². The van der Waals surface area contributed by atoms with Gasteiger partial charge in [-0.25, -0.2) is 4.98 Å². The van der Waals surface area contributed by atoms with E-state index >= 15 is 0 Å². The van der Waals surface area contributed by atoms with Gasteiger partial charge in [0.05, 0.1) is 17.0 Å². The summed E-state index contributed by atoms with van der Waals surface area (Å²) in [7, 11) is 0. The van der Waals surface area contributed by atoms with Crippen LogP contribution >= 0.6 is 23.4 Å². The molecule has 3 nitrogen and oxygen atoms in total. The first-order valence-electron chi connectivity index (χ1n) is 6.77. The highest BCUT2D eigenvalue weighted by Gasteiger charge is 2.28. The molecule has 1 fully saturated rings. The zero-order chi connectivity index (χ0) is 14.1. The lowest BCUT2D eigenvalue weighted by atomic mass is 10.2. The molecule has 0 saturated heterocycles. The standard InChI is InChI=1S/C15H16ClN3S/c1-20-12-6-5-11(7-12)19-13-4-2-3-10(9-17)15(13)18-14(19)8-16/h2-4,11-12H,5-8H2,1H3. The van der Waals surface area contributed by atoms with Gasteiger partial charge in [0.2, 0.25) is 0 Å². The molecule has 1 aromatic heterocycles. The maximum absolute atomic E-state index is 9.22. The molecule has 1 heterocycles. The van der Waals surface area contributed by atoms with Crippen molar-refractivity contribution >= 4 is 34.4 Å². The van der Waals surface area contributed by atoms with E-state index in [1.54, 1.807) is 0 Å². The fraction of sp³-hybridized carbons (Fsp3) is 0.467. The number of imidazole rings is 1. The predicted octanol–water partition coefficient (Wildman–Crippen LogP) is 4.10. The summed E-state index contributed by atoms with van der Waals surface area (Å²) in [5.41, 5.74) is 2.47. The van der Waals surface area contributed by atoms with Gasteiger partial charge in [0.25, 0.3) is 0 Å². The van der Waals surface area contributed by atoms with Crippen LogP contribution in [0.25, 0.3) is 11.0 Å². The minimum Gasteiger partial charge on any atom is -0.324 e. The van der Waals surface area contributed by atoms with E-state index in [9.17, 15) is 5.26 Å². The Morgan fingerprint density at radius 1 is 1.50 bits per heavy atom. The van der Waals surface area contributed by atoms with Crippen molar-refractivity contribution in [3.63, 3.8) is 0 Å². The quantitative estimate of drug-likeness (QED) is 0.802. The van der Waals surface area contributed by atoms with Crippen LogP contribution in [0.15, 0.2) is 18.2 Å². The number of aromatic nitrogens is 2. The molecule has 1 aliphatic rings. The second kappa shape index (κ2) is 5.67. The second-order valence-corrected chi connectivity index (χ2v) is 6.55. The average Bonchev–Trinajstić information content (AvgIpc) is 3.09. The molecule has 0 radical (unpaired) electrons. The molecule has 3 rings (SSSR count). The van der Waals surface area contributed by atoms with Gasteiger partial charge in [-0.2, -0.15) is 17.0 Å². The maximum Gasteiger partial charge on any atom is 0.125 e. The van der Waals surface area contributed by atoms with E-state index in [0.29, 0.717) is 17.5 Å². The molecule has 2 unspecified atom stereocenters. The van der Waals surface area contributed by atoms with Gasteiger partial charge < -0.3 is 4.57 Å². The first kappa shape index (κ1) is 13.8. The highest BCUT2D eigenvalue weighted by molar-refractivity contribution is 7.99. The first-order valence-corrected chi connectivity index (χ1v) is 8.59. The molecular weight excluding hydrogens is 290 g/mol. The van der Waals surface area contributed by atoms with Crippen molar-refractivity contribution in [2.45, 2.75) is 36.4 Å². The minimum absolute atomic E-state index is 0.389. The molecule has 0 N–H and O–H groups in total. The van der Waals surface area contributed by atoms with E-state index in [1.807, 2.05) is 30.0 Å². The zero-order valence-corrected chi connectivity index (χ0v) is 12.9. The molecule has 20 heavy (non-hydrogen) atoms. The van der Waals surface area contributed by atoms with Crippen molar-refractivity contribution in [2.75, 3.05) is 6.26 Å². The van der Waals surface area contributed by atoms with Crippen molar-refractivity contribution in [1.82, 2.24) is 9.55 Å². The Morgan fingerprint density at radius 3 is 3.00 bits per heavy atom. The number of nitrogens with zero attached hydrogens (tertiary/aromatic N) is 3. The summed E-state index contributed by atoms with van der Waals surface area (Å²) in [5, 5.41) is 9.94. The molecule has 0 spiro atoms. The number of halogens is 1.